The second-order valence-electron chi connectivity index (χ2n) is 3.98. The molecule has 3 heteroatoms. The number of benzene rings is 2. The van der Waals surface area contributed by atoms with Gasteiger partial charge in [-0.05, 0) is 40.9 Å². The highest BCUT2D eigenvalue weighted by molar-refractivity contribution is 6.66. The molecule has 0 heterocycles. The fourth-order valence-corrected chi connectivity index (χ4v) is 1.64. The van der Waals surface area contributed by atoms with Crippen molar-refractivity contribution in [2.24, 2.45) is 0 Å². The topological polar surface area (TPSA) is 26.3 Å². The summed E-state index contributed by atoms with van der Waals surface area (Å²) in [6, 6.07) is 17.4. The minimum absolute atomic E-state index is 0.482. The molecule has 0 radical (unpaired) electrons. The standard InChI is InChI=1S/C16H13ClO2/c17-16(18)11-8-13-6-9-15(10-7-13)19-12-14-4-2-1-3-5-14/h1-11H,12H2/b11-8+. The van der Waals surface area contributed by atoms with Crippen molar-refractivity contribution in [3.63, 3.8) is 0 Å². The Morgan fingerprint density at radius 1 is 1.05 bits per heavy atom. The van der Waals surface area contributed by atoms with Crippen LogP contribution in [0.15, 0.2) is 60.7 Å². The third-order valence-electron chi connectivity index (χ3n) is 2.54. The number of carbonyl (C=O) groups excluding carboxylic acids is 1. The quantitative estimate of drug-likeness (QED) is 0.606. The minimum Gasteiger partial charge on any atom is -0.489 e. The summed E-state index contributed by atoms with van der Waals surface area (Å²) in [5.41, 5.74) is 2.03. The van der Waals surface area contributed by atoms with E-state index in [1.165, 1.54) is 6.08 Å². The Hall–Kier alpha value is -2.06. The van der Waals surface area contributed by atoms with E-state index in [9.17, 15) is 4.79 Å². The van der Waals surface area contributed by atoms with Gasteiger partial charge in [-0.3, -0.25) is 4.79 Å². The van der Waals surface area contributed by atoms with Crippen molar-refractivity contribution in [3.05, 3.63) is 71.8 Å². The molecule has 0 aliphatic carbocycles. The van der Waals surface area contributed by atoms with E-state index >= 15 is 0 Å². The number of halogens is 1. The summed E-state index contributed by atoms with van der Waals surface area (Å²) in [6.07, 6.45) is 2.98. The van der Waals surface area contributed by atoms with Crippen LogP contribution < -0.4 is 4.74 Å². The SMILES string of the molecule is O=C(Cl)/C=C/c1ccc(OCc2ccccc2)cc1. The lowest BCUT2D eigenvalue weighted by molar-refractivity contribution is -0.107. The normalized spacial score (nSPS) is 10.6. The van der Waals surface area contributed by atoms with E-state index < -0.39 is 5.24 Å². The molecule has 0 amide bonds. The van der Waals surface area contributed by atoms with Crippen molar-refractivity contribution >= 4 is 22.9 Å². The van der Waals surface area contributed by atoms with E-state index in [0.717, 1.165) is 16.9 Å². The Bertz CT molecular complexity index is 559. The first-order chi connectivity index (χ1) is 9.24. The molecule has 2 rings (SSSR count). The minimum atomic E-state index is -0.482. The van der Waals surface area contributed by atoms with Crippen molar-refractivity contribution < 1.29 is 9.53 Å². The van der Waals surface area contributed by atoms with E-state index in [1.54, 1.807) is 6.08 Å². The summed E-state index contributed by atoms with van der Waals surface area (Å²) in [4.78, 5) is 10.6. The molecule has 19 heavy (non-hydrogen) atoms. The zero-order chi connectivity index (χ0) is 13.5. The largest absolute Gasteiger partial charge is 0.489 e. The lowest BCUT2D eigenvalue weighted by atomic mass is 10.2. The van der Waals surface area contributed by atoms with E-state index in [2.05, 4.69) is 0 Å². The molecule has 0 bridgehead atoms. The van der Waals surface area contributed by atoms with E-state index in [-0.39, 0.29) is 0 Å². The van der Waals surface area contributed by atoms with Crippen LogP contribution in [0.4, 0.5) is 0 Å². The zero-order valence-electron chi connectivity index (χ0n) is 10.3. The molecular formula is C16H13ClO2. The summed E-state index contributed by atoms with van der Waals surface area (Å²) < 4.78 is 5.66. The van der Waals surface area contributed by atoms with Crippen molar-refractivity contribution in [2.45, 2.75) is 6.61 Å². The third-order valence-corrected chi connectivity index (χ3v) is 2.66. The number of hydrogen-bond donors (Lipinski definition) is 0. The highest BCUT2D eigenvalue weighted by Gasteiger charge is 1.96. The third kappa shape index (κ3) is 4.60. The summed E-state index contributed by atoms with van der Waals surface area (Å²) >= 11 is 5.23. The molecule has 0 aliphatic rings. The first-order valence-corrected chi connectivity index (χ1v) is 6.26. The molecule has 0 spiro atoms. The fraction of sp³-hybridized carbons (Fsp3) is 0.0625. The van der Waals surface area contributed by atoms with Crippen molar-refractivity contribution in [1.29, 1.82) is 0 Å². The highest BCUT2D eigenvalue weighted by atomic mass is 35.5. The predicted molar refractivity (Wildman–Crippen MR) is 77.1 cm³/mol. The molecule has 0 N–H and O–H groups in total. The lowest BCUT2D eigenvalue weighted by Gasteiger charge is -2.06. The number of ether oxygens (including phenoxy) is 1. The highest BCUT2D eigenvalue weighted by Crippen LogP contribution is 2.15. The summed E-state index contributed by atoms with van der Waals surface area (Å²) in [5.74, 6) is 0.790. The molecule has 2 aromatic carbocycles. The lowest BCUT2D eigenvalue weighted by Crippen LogP contribution is -1.94. The van der Waals surface area contributed by atoms with Crippen molar-refractivity contribution in [2.75, 3.05) is 0 Å². The van der Waals surface area contributed by atoms with Crippen molar-refractivity contribution in [3.8, 4) is 5.75 Å². The van der Waals surface area contributed by atoms with Gasteiger partial charge >= 0.3 is 0 Å². The Balaban J connectivity index is 1.94. The smallest absolute Gasteiger partial charge is 0.245 e. The maximum absolute atomic E-state index is 10.6. The van der Waals surface area contributed by atoms with Crippen LogP contribution in [-0.4, -0.2) is 5.24 Å². The summed E-state index contributed by atoms with van der Waals surface area (Å²) in [5, 5.41) is -0.482. The van der Waals surface area contributed by atoms with E-state index in [1.807, 2.05) is 54.6 Å². The zero-order valence-corrected chi connectivity index (χ0v) is 11.0. The van der Waals surface area contributed by atoms with Gasteiger partial charge in [0.1, 0.15) is 12.4 Å². The molecule has 0 saturated heterocycles. The summed E-state index contributed by atoms with van der Waals surface area (Å²) in [6.45, 7) is 0.538. The van der Waals surface area contributed by atoms with Gasteiger partial charge in [0, 0.05) is 0 Å². The molecule has 0 atom stereocenters. The molecule has 0 saturated carbocycles. The number of hydrogen-bond acceptors (Lipinski definition) is 2. The van der Waals surface area contributed by atoms with E-state index in [0.29, 0.717) is 6.61 Å². The van der Waals surface area contributed by atoms with Gasteiger partial charge in [-0.2, -0.15) is 0 Å². The van der Waals surface area contributed by atoms with Crippen LogP contribution in [0.5, 0.6) is 5.75 Å². The van der Waals surface area contributed by atoms with Gasteiger partial charge in [-0.15, -0.1) is 0 Å². The second kappa shape index (κ2) is 6.76. The average molecular weight is 273 g/mol. The molecule has 0 unspecified atom stereocenters. The molecule has 2 nitrogen and oxygen atoms in total. The monoisotopic (exact) mass is 272 g/mol. The first-order valence-electron chi connectivity index (χ1n) is 5.88. The van der Waals surface area contributed by atoms with Crippen LogP contribution in [0.25, 0.3) is 6.08 Å². The van der Waals surface area contributed by atoms with Gasteiger partial charge in [-0.1, -0.05) is 48.5 Å². The van der Waals surface area contributed by atoms with Crippen LogP contribution >= 0.6 is 11.6 Å². The van der Waals surface area contributed by atoms with Gasteiger partial charge in [0.15, 0.2) is 0 Å². The maximum atomic E-state index is 10.6. The Kier molecular flexibility index (Phi) is 4.76. The number of rotatable bonds is 5. The Labute approximate surface area is 117 Å². The van der Waals surface area contributed by atoms with Crippen LogP contribution in [0, 0.1) is 0 Å². The van der Waals surface area contributed by atoms with Crippen LogP contribution in [0.1, 0.15) is 11.1 Å². The molecule has 0 aliphatic heterocycles. The van der Waals surface area contributed by atoms with Gasteiger partial charge in [-0.25, -0.2) is 0 Å². The van der Waals surface area contributed by atoms with Gasteiger partial charge in [0.25, 0.3) is 0 Å². The van der Waals surface area contributed by atoms with Crippen molar-refractivity contribution in [1.82, 2.24) is 0 Å². The van der Waals surface area contributed by atoms with Gasteiger partial charge in [0.2, 0.25) is 5.24 Å². The average Bonchev–Trinajstić information content (AvgIpc) is 2.45. The number of carbonyl (C=O) groups is 1. The second-order valence-corrected chi connectivity index (χ2v) is 4.35. The van der Waals surface area contributed by atoms with Gasteiger partial charge in [0.05, 0.1) is 0 Å². The number of allylic oxidation sites excluding steroid dienone is 1. The van der Waals surface area contributed by atoms with Crippen LogP contribution in [-0.2, 0) is 11.4 Å². The Morgan fingerprint density at radius 3 is 2.37 bits per heavy atom. The maximum Gasteiger partial charge on any atom is 0.245 e. The summed E-state index contributed by atoms with van der Waals surface area (Å²) in [7, 11) is 0. The predicted octanol–water partition coefficient (Wildman–Crippen LogP) is 4.04. The fourth-order valence-electron chi connectivity index (χ4n) is 1.58. The van der Waals surface area contributed by atoms with Crippen LogP contribution in [0.3, 0.4) is 0 Å². The molecular weight excluding hydrogens is 260 g/mol. The molecule has 0 aromatic heterocycles. The molecule has 96 valence electrons. The van der Waals surface area contributed by atoms with Gasteiger partial charge < -0.3 is 4.74 Å². The molecule has 0 fully saturated rings. The first kappa shape index (κ1) is 13.4. The van der Waals surface area contributed by atoms with E-state index in [4.69, 9.17) is 16.3 Å². The molecule has 2 aromatic rings. The Morgan fingerprint density at radius 2 is 1.74 bits per heavy atom. The van der Waals surface area contributed by atoms with Crippen LogP contribution in [0.2, 0.25) is 0 Å².